The number of carbonyl (C=O) groups is 1. The second kappa shape index (κ2) is 9.36. The molecule has 0 saturated carbocycles. The number of nitrogens with one attached hydrogen (secondary N) is 2. The van der Waals surface area contributed by atoms with Crippen molar-refractivity contribution >= 4 is 35.0 Å². The number of hydrogen-bond acceptors (Lipinski definition) is 6. The van der Waals surface area contributed by atoms with Gasteiger partial charge in [0, 0.05) is 5.56 Å². The Labute approximate surface area is 204 Å². The lowest BCUT2D eigenvalue weighted by Crippen LogP contribution is -2.41. The third-order valence-corrected chi connectivity index (χ3v) is 6.90. The lowest BCUT2D eigenvalue weighted by molar-refractivity contribution is -0.116. The van der Waals surface area contributed by atoms with E-state index in [0.717, 1.165) is 11.1 Å². The van der Waals surface area contributed by atoms with Gasteiger partial charge < -0.3 is 15.5 Å². The largest absolute Gasteiger partial charge is 0.495 e. The van der Waals surface area contributed by atoms with Crippen molar-refractivity contribution in [2.24, 2.45) is 0 Å². The molecule has 34 heavy (non-hydrogen) atoms. The first-order chi connectivity index (χ1) is 16.5. The van der Waals surface area contributed by atoms with Gasteiger partial charge in [-0.05, 0) is 29.8 Å². The lowest BCUT2D eigenvalue weighted by Gasteiger charge is -2.33. The Balaban J connectivity index is 1.54. The van der Waals surface area contributed by atoms with Crippen LogP contribution in [0, 0.1) is 5.82 Å². The summed E-state index contributed by atoms with van der Waals surface area (Å²) in [6, 6.07) is 20.5. The summed E-state index contributed by atoms with van der Waals surface area (Å²) in [5, 5.41) is 11.5. The molecular formula is C24H19ClFN5O2S. The SMILES string of the molecule is COc1ccc([C@H]2Nn3c(nnc3-c3ccccc3)S[C@H]2C(=O)Nc2ccccc2F)cc1Cl. The maximum atomic E-state index is 14.2. The molecule has 0 saturated heterocycles. The number of amides is 1. The number of para-hydroxylation sites is 1. The van der Waals surface area contributed by atoms with Crippen LogP contribution < -0.4 is 15.5 Å². The monoisotopic (exact) mass is 495 g/mol. The minimum Gasteiger partial charge on any atom is -0.495 e. The van der Waals surface area contributed by atoms with Crippen LogP contribution >= 0.6 is 23.4 Å². The van der Waals surface area contributed by atoms with Crippen molar-refractivity contribution in [1.29, 1.82) is 0 Å². The van der Waals surface area contributed by atoms with Gasteiger partial charge in [-0.15, -0.1) is 10.2 Å². The van der Waals surface area contributed by atoms with E-state index in [1.165, 1.54) is 31.0 Å². The minimum absolute atomic E-state index is 0.108. The number of aromatic nitrogens is 3. The van der Waals surface area contributed by atoms with Crippen LogP contribution in [0.5, 0.6) is 5.75 Å². The van der Waals surface area contributed by atoms with Gasteiger partial charge in [-0.1, -0.05) is 71.9 Å². The topological polar surface area (TPSA) is 81.1 Å². The first-order valence-corrected chi connectivity index (χ1v) is 11.6. The Hall–Kier alpha value is -3.56. The molecule has 0 fully saturated rings. The third-order valence-electron chi connectivity index (χ3n) is 5.39. The van der Waals surface area contributed by atoms with Crippen LogP contribution in [-0.4, -0.2) is 33.1 Å². The van der Waals surface area contributed by atoms with Crippen molar-refractivity contribution in [2.45, 2.75) is 16.4 Å². The van der Waals surface area contributed by atoms with Gasteiger partial charge in [0.2, 0.25) is 11.1 Å². The van der Waals surface area contributed by atoms with Crippen molar-refractivity contribution in [2.75, 3.05) is 17.9 Å². The normalized spacial score (nSPS) is 16.9. The molecule has 0 aliphatic carbocycles. The number of fused-ring (bicyclic) bond motifs is 1. The number of benzene rings is 3. The molecule has 10 heteroatoms. The standard InChI is InChI=1S/C24H19ClFN5O2S/c1-33-19-12-11-15(13-16(19)25)20-21(23(32)27-18-10-6-5-9-17(18)26)34-24-29-28-22(31(24)30-20)14-7-3-2-4-8-14/h2-13,20-21,30H,1H3,(H,27,32)/t20-,21-/m1/s1. The highest BCUT2D eigenvalue weighted by molar-refractivity contribution is 8.00. The molecule has 1 aliphatic rings. The highest BCUT2D eigenvalue weighted by Gasteiger charge is 2.38. The van der Waals surface area contributed by atoms with E-state index in [9.17, 15) is 9.18 Å². The molecule has 5 rings (SSSR count). The van der Waals surface area contributed by atoms with Gasteiger partial charge in [-0.3, -0.25) is 4.79 Å². The van der Waals surface area contributed by atoms with E-state index in [2.05, 4.69) is 20.9 Å². The van der Waals surface area contributed by atoms with Gasteiger partial charge in [0.25, 0.3) is 0 Å². The summed E-state index contributed by atoms with van der Waals surface area (Å²) >= 11 is 7.63. The van der Waals surface area contributed by atoms with Crippen LogP contribution in [0.25, 0.3) is 11.4 Å². The number of rotatable bonds is 5. The van der Waals surface area contributed by atoms with Crippen molar-refractivity contribution in [1.82, 2.24) is 14.9 Å². The summed E-state index contributed by atoms with van der Waals surface area (Å²) < 4.78 is 21.2. The molecule has 7 nitrogen and oxygen atoms in total. The predicted octanol–water partition coefficient (Wildman–Crippen LogP) is 5.14. The van der Waals surface area contributed by atoms with Crippen LogP contribution in [0.3, 0.4) is 0 Å². The molecule has 0 radical (unpaired) electrons. The fourth-order valence-corrected chi connectivity index (χ4v) is 5.07. The smallest absolute Gasteiger partial charge is 0.240 e. The van der Waals surface area contributed by atoms with Crippen LogP contribution in [-0.2, 0) is 4.79 Å². The summed E-state index contributed by atoms with van der Waals surface area (Å²) in [6.07, 6.45) is 0. The molecule has 1 aliphatic heterocycles. The Morgan fingerprint density at radius 1 is 1.12 bits per heavy atom. The van der Waals surface area contributed by atoms with Crippen LogP contribution in [0.2, 0.25) is 5.02 Å². The van der Waals surface area contributed by atoms with Crippen molar-refractivity contribution in [3.63, 3.8) is 0 Å². The van der Waals surface area contributed by atoms with E-state index < -0.39 is 17.1 Å². The fraction of sp³-hybridized carbons (Fsp3) is 0.125. The summed E-state index contributed by atoms with van der Waals surface area (Å²) in [7, 11) is 1.54. The lowest BCUT2D eigenvalue weighted by atomic mass is 10.0. The molecular weight excluding hydrogens is 477 g/mol. The van der Waals surface area contributed by atoms with E-state index in [1.807, 2.05) is 36.4 Å². The first kappa shape index (κ1) is 22.2. The zero-order chi connectivity index (χ0) is 23.7. The zero-order valence-corrected chi connectivity index (χ0v) is 19.5. The summed E-state index contributed by atoms with van der Waals surface area (Å²) in [5.41, 5.74) is 5.11. The fourth-order valence-electron chi connectivity index (χ4n) is 3.72. The van der Waals surface area contributed by atoms with Gasteiger partial charge in [0.15, 0.2) is 5.82 Å². The van der Waals surface area contributed by atoms with Gasteiger partial charge in [-0.25, -0.2) is 9.07 Å². The third kappa shape index (κ3) is 4.20. The summed E-state index contributed by atoms with van der Waals surface area (Å²) in [5.74, 6) is 0.245. The molecule has 0 spiro atoms. The number of methoxy groups -OCH3 is 1. The average Bonchev–Trinajstić information content (AvgIpc) is 3.28. The summed E-state index contributed by atoms with van der Waals surface area (Å²) in [6.45, 7) is 0. The molecule has 0 bridgehead atoms. The van der Waals surface area contributed by atoms with Crippen LogP contribution in [0.1, 0.15) is 11.6 Å². The molecule has 2 heterocycles. The number of nitrogens with zero attached hydrogens (tertiary/aromatic N) is 3. The number of ether oxygens (including phenoxy) is 1. The highest BCUT2D eigenvalue weighted by Crippen LogP contribution is 2.40. The molecule has 4 aromatic rings. The molecule has 3 aromatic carbocycles. The molecule has 2 atom stereocenters. The Morgan fingerprint density at radius 3 is 2.62 bits per heavy atom. The van der Waals surface area contributed by atoms with Crippen molar-refractivity contribution in [3.8, 4) is 17.1 Å². The minimum atomic E-state index is -0.690. The van der Waals surface area contributed by atoms with Gasteiger partial charge >= 0.3 is 0 Å². The van der Waals surface area contributed by atoms with Crippen molar-refractivity contribution < 1.29 is 13.9 Å². The first-order valence-electron chi connectivity index (χ1n) is 10.4. The van der Waals surface area contributed by atoms with Gasteiger partial charge in [-0.2, -0.15) is 0 Å². The van der Waals surface area contributed by atoms with Crippen LogP contribution in [0.4, 0.5) is 10.1 Å². The van der Waals surface area contributed by atoms with Gasteiger partial charge in [0.05, 0.1) is 23.9 Å². The van der Waals surface area contributed by atoms with Crippen molar-refractivity contribution in [3.05, 3.63) is 89.2 Å². The van der Waals surface area contributed by atoms with E-state index in [1.54, 1.807) is 28.9 Å². The number of hydrogen-bond donors (Lipinski definition) is 2. The Morgan fingerprint density at radius 2 is 1.88 bits per heavy atom. The average molecular weight is 496 g/mol. The second-order valence-electron chi connectivity index (χ2n) is 7.52. The predicted molar refractivity (Wildman–Crippen MR) is 130 cm³/mol. The molecule has 2 N–H and O–H groups in total. The Bertz CT molecular complexity index is 1350. The Kier molecular flexibility index (Phi) is 6.12. The highest BCUT2D eigenvalue weighted by atomic mass is 35.5. The van der Waals surface area contributed by atoms with Gasteiger partial charge in [0.1, 0.15) is 16.8 Å². The summed E-state index contributed by atoms with van der Waals surface area (Å²) in [4.78, 5) is 13.3. The number of thioether (sulfide) groups is 1. The quantitative estimate of drug-likeness (QED) is 0.399. The zero-order valence-electron chi connectivity index (χ0n) is 17.9. The van der Waals surface area contributed by atoms with E-state index >= 15 is 0 Å². The maximum absolute atomic E-state index is 14.2. The molecule has 0 unspecified atom stereocenters. The number of anilines is 1. The van der Waals surface area contributed by atoms with E-state index in [-0.39, 0.29) is 11.6 Å². The molecule has 172 valence electrons. The number of carbonyl (C=O) groups excluding carboxylic acids is 1. The van der Waals surface area contributed by atoms with E-state index in [4.69, 9.17) is 16.3 Å². The van der Waals surface area contributed by atoms with Crippen LogP contribution in [0.15, 0.2) is 78.0 Å². The maximum Gasteiger partial charge on any atom is 0.240 e. The molecule has 1 aromatic heterocycles. The molecule has 1 amide bonds. The van der Waals surface area contributed by atoms with E-state index in [0.29, 0.717) is 21.8 Å². The second-order valence-corrected chi connectivity index (χ2v) is 9.03. The number of halogens is 2.